The second-order valence-corrected chi connectivity index (χ2v) is 5.05. The lowest BCUT2D eigenvalue weighted by atomic mass is 10.1. The monoisotopic (exact) mass is 267 g/mol. The Kier molecular flexibility index (Phi) is 3.64. The number of fused-ring (bicyclic) bond motifs is 1. The van der Waals surface area contributed by atoms with E-state index >= 15 is 0 Å². The average molecular weight is 267 g/mol. The number of aromatic nitrogens is 3. The van der Waals surface area contributed by atoms with Gasteiger partial charge in [-0.1, -0.05) is 6.42 Å². The number of hydrogen-bond donors (Lipinski definition) is 2. The molecule has 2 N–H and O–H groups in total. The number of rotatable bonds is 3. The Labute approximate surface area is 118 Å². The van der Waals surface area contributed by atoms with Crippen LogP contribution in [0.5, 0.6) is 0 Å². The summed E-state index contributed by atoms with van der Waals surface area (Å²) in [5.74, 6) is 0.625. The van der Waals surface area contributed by atoms with Crippen molar-refractivity contribution in [3.63, 3.8) is 0 Å². The van der Waals surface area contributed by atoms with Crippen LogP contribution in [0.3, 0.4) is 0 Å². The van der Waals surface area contributed by atoms with Gasteiger partial charge in [0, 0.05) is 11.9 Å². The van der Waals surface area contributed by atoms with E-state index in [0.29, 0.717) is 17.9 Å². The summed E-state index contributed by atoms with van der Waals surface area (Å²) in [6, 6.07) is 5.68. The van der Waals surface area contributed by atoms with Crippen molar-refractivity contribution in [2.75, 3.05) is 5.32 Å². The molecule has 3 rings (SSSR count). The summed E-state index contributed by atoms with van der Waals surface area (Å²) < 4.78 is 0. The largest absolute Gasteiger partial charge is 0.363 e. The van der Waals surface area contributed by atoms with E-state index in [9.17, 15) is 0 Å². The van der Waals surface area contributed by atoms with Gasteiger partial charge in [-0.2, -0.15) is 10.4 Å². The van der Waals surface area contributed by atoms with Crippen LogP contribution in [0, 0.1) is 11.3 Å². The number of H-pyrrole nitrogens is 1. The molecule has 0 amide bonds. The predicted molar refractivity (Wildman–Crippen MR) is 76.1 cm³/mol. The molecular formula is C15H17N5. The van der Waals surface area contributed by atoms with Crippen molar-refractivity contribution in [1.82, 2.24) is 15.2 Å². The second-order valence-electron chi connectivity index (χ2n) is 5.05. The van der Waals surface area contributed by atoms with Crippen LogP contribution in [0.15, 0.2) is 18.3 Å². The van der Waals surface area contributed by atoms with Crippen LogP contribution in [-0.4, -0.2) is 15.2 Å². The Hall–Kier alpha value is -2.35. The van der Waals surface area contributed by atoms with Gasteiger partial charge in [0.05, 0.1) is 17.8 Å². The minimum absolute atomic E-state index is 0.564. The van der Waals surface area contributed by atoms with Gasteiger partial charge in [0.15, 0.2) is 0 Å². The third-order valence-electron chi connectivity index (χ3n) is 3.74. The zero-order valence-electron chi connectivity index (χ0n) is 11.3. The standard InChI is InChI=1S/C15H17N5/c16-9-11-5-4-8-17-15(11)18-10-14-12-6-2-1-3-7-13(12)19-20-14/h4-5,8H,1-3,6-7,10H2,(H,17,18)(H,19,20). The van der Waals surface area contributed by atoms with Gasteiger partial charge in [-0.3, -0.25) is 5.10 Å². The molecule has 2 aromatic heterocycles. The van der Waals surface area contributed by atoms with Gasteiger partial charge in [0.25, 0.3) is 0 Å². The van der Waals surface area contributed by atoms with Gasteiger partial charge in [0.2, 0.25) is 0 Å². The molecular weight excluding hydrogens is 250 g/mol. The summed E-state index contributed by atoms with van der Waals surface area (Å²) in [5.41, 5.74) is 4.25. The van der Waals surface area contributed by atoms with E-state index < -0.39 is 0 Å². The van der Waals surface area contributed by atoms with Crippen LogP contribution < -0.4 is 5.32 Å². The topological polar surface area (TPSA) is 77.4 Å². The van der Waals surface area contributed by atoms with Crippen molar-refractivity contribution < 1.29 is 0 Å². The van der Waals surface area contributed by atoms with Crippen LogP contribution in [0.1, 0.15) is 41.8 Å². The fourth-order valence-electron chi connectivity index (χ4n) is 2.68. The molecule has 5 heteroatoms. The zero-order chi connectivity index (χ0) is 13.8. The normalized spacial score (nSPS) is 14.2. The SMILES string of the molecule is N#Cc1cccnc1NCc1n[nH]c2c1CCCCC2. The molecule has 0 spiro atoms. The molecule has 0 bridgehead atoms. The number of nitrogens with one attached hydrogen (secondary N) is 2. The highest BCUT2D eigenvalue weighted by Gasteiger charge is 2.15. The minimum atomic E-state index is 0.564. The molecule has 2 aromatic rings. The van der Waals surface area contributed by atoms with E-state index in [4.69, 9.17) is 5.26 Å². The van der Waals surface area contributed by atoms with E-state index in [-0.39, 0.29) is 0 Å². The van der Waals surface area contributed by atoms with Crippen molar-refractivity contribution in [3.05, 3.63) is 40.8 Å². The first-order valence-corrected chi connectivity index (χ1v) is 7.02. The highest BCUT2D eigenvalue weighted by atomic mass is 15.1. The lowest BCUT2D eigenvalue weighted by Gasteiger charge is -2.06. The summed E-state index contributed by atoms with van der Waals surface area (Å²) in [7, 11) is 0. The van der Waals surface area contributed by atoms with Crippen LogP contribution >= 0.6 is 0 Å². The Morgan fingerprint density at radius 1 is 1.30 bits per heavy atom. The quantitative estimate of drug-likeness (QED) is 0.838. The Bertz CT molecular complexity index is 638. The molecule has 0 radical (unpaired) electrons. The molecule has 0 atom stereocenters. The van der Waals surface area contributed by atoms with Gasteiger partial charge in [-0.15, -0.1) is 0 Å². The van der Waals surface area contributed by atoms with Crippen LogP contribution in [-0.2, 0) is 19.4 Å². The first kappa shape index (κ1) is 12.7. The maximum absolute atomic E-state index is 9.05. The fraction of sp³-hybridized carbons (Fsp3) is 0.400. The highest BCUT2D eigenvalue weighted by molar-refractivity contribution is 5.51. The molecule has 1 aliphatic rings. The van der Waals surface area contributed by atoms with Crippen LogP contribution in [0.4, 0.5) is 5.82 Å². The van der Waals surface area contributed by atoms with Crippen molar-refractivity contribution in [2.24, 2.45) is 0 Å². The van der Waals surface area contributed by atoms with Gasteiger partial charge < -0.3 is 5.32 Å². The molecule has 102 valence electrons. The molecule has 0 saturated carbocycles. The van der Waals surface area contributed by atoms with Gasteiger partial charge in [-0.25, -0.2) is 4.98 Å². The van der Waals surface area contributed by atoms with E-state index in [1.54, 1.807) is 18.3 Å². The molecule has 1 aliphatic carbocycles. The smallest absolute Gasteiger partial charge is 0.144 e. The fourth-order valence-corrected chi connectivity index (χ4v) is 2.68. The number of nitrogens with zero attached hydrogens (tertiary/aromatic N) is 3. The second kappa shape index (κ2) is 5.74. The number of aromatic amines is 1. The van der Waals surface area contributed by atoms with Crippen molar-refractivity contribution in [1.29, 1.82) is 5.26 Å². The van der Waals surface area contributed by atoms with Crippen LogP contribution in [0.25, 0.3) is 0 Å². The van der Waals surface area contributed by atoms with Gasteiger partial charge in [-0.05, 0) is 43.4 Å². The summed E-state index contributed by atoms with van der Waals surface area (Å²) in [6.45, 7) is 0.609. The van der Waals surface area contributed by atoms with E-state index in [1.165, 1.54) is 30.5 Å². The minimum Gasteiger partial charge on any atom is -0.363 e. The Balaban J connectivity index is 1.76. The number of hydrogen-bond acceptors (Lipinski definition) is 4. The lowest BCUT2D eigenvalue weighted by Crippen LogP contribution is -2.05. The first-order chi connectivity index (χ1) is 9.88. The molecule has 20 heavy (non-hydrogen) atoms. The molecule has 5 nitrogen and oxygen atoms in total. The number of nitriles is 1. The molecule has 0 fully saturated rings. The summed E-state index contributed by atoms with van der Waals surface area (Å²) in [4.78, 5) is 4.21. The predicted octanol–water partition coefficient (Wildman–Crippen LogP) is 2.56. The molecule has 0 unspecified atom stereocenters. The highest BCUT2D eigenvalue weighted by Crippen LogP contribution is 2.22. The van der Waals surface area contributed by atoms with Gasteiger partial charge >= 0.3 is 0 Å². The van der Waals surface area contributed by atoms with Crippen molar-refractivity contribution in [3.8, 4) is 6.07 Å². The average Bonchev–Trinajstić information content (AvgIpc) is 2.72. The third-order valence-corrected chi connectivity index (χ3v) is 3.74. The third kappa shape index (κ3) is 2.50. The van der Waals surface area contributed by atoms with Crippen LogP contribution in [0.2, 0.25) is 0 Å². The number of anilines is 1. The summed E-state index contributed by atoms with van der Waals surface area (Å²) in [5, 5.41) is 19.8. The Morgan fingerprint density at radius 3 is 3.10 bits per heavy atom. The van der Waals surface area contributed by atoms with E-state index in [2.05, 4.69) is 26.6 Å². The Morgan fingerprint density at radius 2 is 2.20 bits per heavy atom. The van der Waals surface area contributed by atoms with Gasteiger partial charge in [0.1, 0.15) is 11.9 Å². The number of aryl methyl sites for hydroxylation is 1. The maximum Gasteiger partial charge on any atom is 0.144 e. The molecule has 0 aromatic carbocycles. The molecule has 0 aliphatic heterocycles. The van der Waals surface area contributed by atoms with Crippen molar-refractivity contribution in [2.45, 2.75) is 38.6 Å². The van der Waals surface area contributed by atoms with E-state index in [1.807, 2.05) is 0 Å². The maximum atomic E-state index is 9.05. The lowest BCUT2D eigenvalue weighted by molar-refractivity contribution is 0.699. The van der Waals surface area contributed by atoms with Crippen molar-refractivity contribution >= 4 is 5.82 Å². The summed E-state index contributed by atoms with van der Waals surface area (Å²) in [6.07, 6.45) is 7.63. The summed E-state index contributed by atoms with van der Waals surface area (Å²) >= 11 is 0. The zero-order valence-corrected chi connectivity index (χ0v) is 11.3. The first-order valence-electron chi connectivity index (χ1n) is 7.02. The number of pyridine rings is 1. The van der Waals surface area contributed by atoms with E-state index in [0.717, 1.165) is 18.5 Å². The molecule has 2 heterocycles. The molecule has 0 saturated heterocycles.